The second kappa shape index (κ2) is 6.41. The molecule has 8 nitrogen and oxygen atoms in total. The van der Waals surface area contributed by atoms with Crippen LogP contribution in [0.2, 0.25) is 0 Å². The molecule has 0 spiro atoms. The molecule has 0 aliphatic carbocycles. The van der Waals surface area contributed by atoms with Crippen LogP contribution in [0.25, 0.3) is 0 Å². The summed E-state index contributed by atoms with van der Waals surface area (Å²) in [6, 6.07) is 2.22. The molecule has 0 saturated carbocycles. The summed E-state index contributed by atoms with van der Waals surface area (Å²) in [5.74, 6) is -0.982. The summed E-state index contributed by atoms with van der Waals surface area (Å²) in [5, 5.41) is 0. The van der Waals surface area contributed by atoms with E-state index in [2.05, 4.69) is 9.72 Å². The minimum absolute atomic E-state index is 0.0462. The van der Waals surface area contributed by atoms with Crippen molar-refractivity contribution in [1.82, 2.24) is 14.2 Å². The lowest BCUT2D eigenvalue weighted by molar-refractivity contribution is -0.146. The summed E-state index contributed by atoms with van der Waals surface area (Å²) in [6.45, 7) is 0.201. The van der Waals surface area contributed by atoms with Crippen LogP contribution in [0.15, 0.2) is 24.5 Å². The van der Waals surface area contributed by atoms with Gasteiger partial charge in [0.1, 0.15) is 6.04 Å². The second-order valence-corrected chi connectivity index (χ2v) is 6.84. The minimum atomic E-state index is -3.56. The fourth-order valence-corrected chi connectivity index (χ4v) is 3.38. The maximum Gasteiger partial charge on any atom is 0.326 e. The number of hydrogen-bond acceptors (Lipinski definition) is 6. The van der Waals surface area contributed by atoms with E-state index in [9.17, 15) is 18.0 Å². The topological polar surface area (TPSA) is 96.9 Å². The van der Waals surface area contributed by atoms with E-state index < -0.39 is 22.0 Å². The molecule has 2 rings (SSSR count). The van der Waals surface area contributed by atoms with Gasteiger partial charge in [0.05, 0.1) is 18.9 Å². The summed E-state index contributed by atoms with van der Waals surface area (Å²) in [5.41, 5.74) is 0.388. The average Bonchev–Trinajstić information content (AvgIpc) is 2.52. The number of carbonyl (C=O) groups is 2. The van der Waals surface area contributed by atoms with E-state index in [0.29, 0.717) is 5.56 Å². The lowest BCUT2D eigenvalue weighted by atomic mass is 10.1. The van der Waals surface area contributed by atoms with Gasteiger partial charge in [0.25, 0.3) is 5.91 Å². The third kappa shape index (κ3) is 3.42. The average molecular weight is 327 g/mol. The van der Waals surface area contributed by atoms with E-state index in [0.717, 1.165) is 10.6 Å². The minimum Gasteiger partial charge on any atom is -0.468 e. The zero-order chi connectivity index (χ0) is 16.3. The zero-order valence-corrected chi connectivity index (χ0v) is 13.1. The van der Waals surface area contributed by atoms with Crippen LogP contribution in [0.5, 0.6) is 0 Å². The predicted octanol–water partition coefficient (Wildman–Crippen LogP) is -0.659. The predicted molar refractivity (Wildman–Crippen MR) is 77.5 cm³/mol. The summed E-state index contributed by atoms with van der Waals surface area (Å²) in [6.07, 6.45) is 4.01. The van der Waals surface area contributed by atoms with Gasteiger partial charge < -0.3 is 9.64 Å². The van der Waals surface area contributed by atoms with Crippen molar-refractivity contribution in [2.24, 2.45) is 0 Å². The number of nitrogens with zero attached hydrogens (tertiary/aromatic N) is 3. The van der Waals surface area contributed by atoms with Gasteiger partial charge in [-0.25, -0.2) is 8.42 Å². The van der Waals surface area contributed by atoms with Gasteiger partial charge in [-0.1, -0.05) is 0 Å². The quantitative estimate of drug-likeness (QED) is 0.684. The molecule has 1 aliphatic heterocycles. The van der Waals surface area contributed by atoms with Crippen LogP contribution in [0.3, 0.4) is 0 Å². The first-order valence-corrected chi connectivity index (χ1v) is 8.43. The number of pyridine rings is 1. The standard InChI is InChI=1S/C13H17N3O5S/c1-21-13(18)11-9-15(6-7-16(11)22(2,19)20)12(17)10-4-3-5-14-8-10/h3-5,8,11H,6-7,9H2,1-2H3. The number of aromatic nitrogens is 1. The summed E-state index contributed by atoms with van der Waals surface area (Å²) in [4.78, 5) is 29.5. The molecule has 2 heterocycles. The van der Waals surface area contributed by atoms with Crippen LogP contribution >= 0.6 is 0 Å². The SMILES string of the molecule is COC(=O)C1CN(C(=O)c2cccnc2)CCN1S(C)(=O)=O. The van der Waals surface area contributed by atoms with Gasteiger partial charge in [-0.05, 0) is 12.1 Å². The number of amides is 1. The molecule has 0 bridgehead atoms. The number of methoxy groups -OCH3 is 1. The normalized spacial score (nSPS) is 19.7. The van der Waals surface area contributed by atoms with Crippen LogP contribution in [-0.2, 0) is 19.6 Å². The Labute approximate surface area is 128 Å². The third-order valence-electron chi connectivity index (χ3n) is 3.43. The highest BCUT2D eigenvalue weighted by molar-refractivity contribution is 7.88. The Kier molecular flexibility index (Phi) is 4.77. The van der Waals surface area contributed by atoms with Gasteiger partial charge in [0.15, 0.2) is 0 Å². The van der Waals surface area contributed by atoms with E-state index >= 15 is 0 Å². The highest BCUT2D eigenvalue weighted by atomic mass is 32.2. The van der Waals surface area contributed by atoms with Crippen LogP contribution in [0.4, 0.5) is 0 Å². The molecule has 1 saturated heterocycles. The van der Waals surface area contributed by atoms with Crippen molar-refractivity contribution >= 4 is 21.9 Å². The van der Waals surface area contributed by atoms with Crippen LogP contribution in [0, 0.1) is 0 Å². The Hall–Kier alpha value is -2.00. The van der Waals surface area contributed by atoms with Gasteiger partial charge in [-0.2, -0.15) is 4.31 Å². The first-order valence-electron chi connectivity index (χ1n) is 6.58. The van der Waals surface area contributed by atoms with Crippen molar-refractivity contribution in [2.75, 3.05) is 33.0 Å². The molecular weight excluding hydrogens is 310 g/mol. The molecule has 22 heavy (non-hydrogen) atoms. The molecule has 1 atom stereocenters. The first-order chi connectivity index (χ1) is 10.3. The molecule has 1 fully saturated rings. The summed E-state index contributed by atoms with van der Waals surface area (Å²) in [7, 11) is -2.38. The van der Waals surface area contributed by atoms with Crippen molar-refractivity contribution < 1.29 is 22.7 Å². The van der Waals surface area contributed by atoms with Crippen molar-refractivity contribution in [3.63, 3.8) is 0 Å². The van der Waals surface area contributed by atoms with E-state index in [4.69, 9.17) is 0 Å². The molecule has 1 aromatic rings. The Balaban J connectivity index is 2.22. The lowest BCUT2D eigenvalue weighted by Gasteiger charge is -2.38. The van der Waals surface area contributed by atoms with Crippen molar-refractivity contribution in [2.45, 2.75) is 6.04 Å². The van der Waals surface area contributed by atoms with Crippen molar-refractivity contribution in [3.05, 3.63) is 30.1 Å². The molecule has 1 unspecified atom stereocenters. The maximum absolute atomic E-state index is 12.4. The number of rotatable bonds is 3. The molecule has 9 heteroatoms. The largest absolute Gasteiger partial charge is 0.468 e. The summed E-state index contributed by atoms with van der Waals surface area (Å²) < 4.78 is 29.3. The number of sulfonamides is 1. The van der Waals surface area contributed by atoms with Crippen LogP contribution in [-0.4, -0.2) is 73.5 Å². The van der Waals surface area contributed by atoms with E-state index in [1.165, 1.54) is 18.2 Å². The van der Waals surface area contributed by atoms with Crippen LogP contribution < -0.4 is 0 Å². The number of carbonyl (C=O) groups excluding carboxylic acids is 2. The van der Waals surface area contributed by atoms with Crippen molar-refractivity contribution in [1.29, 1.82) is 0 Å². The summed E-state index contributed by atoms with van der Waals surface area (Å²) >= 11 is 0. The Morgan fingerprint density at radius 2 is 2.09 bits per heavy atom. The number of hydrogen-bond donors (Lipinski definition) is 0. The van der Waals surface area contributed by atoms with Crippen LogP contribution in [0.1, 0.15) is 10.4 Å². The fourth-order valence-electron chi connectivity index (χ4n) is 2.35. The molecule has 1 amide bonds. The molecule has 0 radical (unpaired) electrons. The Bertz CT molecular complexity index is 662. The van der Waals surface area contributed by atoms with E-state index in [1.54, 1.807) is 18.3 Å². The number of esters is 1. The third-order valence-corrected chi connectivity index (χ3v) is 4.72. The molecule has 0 aromatic carbocycles. The van der Waals surface area contributed by atoms with Gasteiger partial charge >= 0.3 is 5.97 Å². The second-order valence-electron chi connectivity index (χ2n) is 4.91. The highest BCUT2D eigenvalue weighted by Crippen LogP contribution is 2.17. The molecule has 120 valence electrons. The molecular formula is C13H17N3O5S. The smallest absolute Gasteiger partial charge is 0.326 e. The van der Waals surface area contributed by atoms with E-state index in [-0.39, 0.29) is 25.5 Å². The maximum atomic E-state index is 12.4. The number of piperazine rings is 1. The van der Waals surface area contributed by atoms with Crippen molar-refractivity contribution in [3.8, 4) is 0 Å². The van der Waals surface area contributed by atoms with Gasteiger partial charge in [0, 0.05) is 32.0 Å². The van der Waals surface area contributed by atoms with Gasteiger partial charge in [-0.3, -0.25) is 14.6 Å². The Morgan fingerprint density at radius 3 is 2.64 bits per heavy atom. The first kappa shape index (κ1) is 16.4. The zero-order valence-electron chi connectivity index (χ0n) is 12.3. The lowest BCUT2D eigenvalue weighted by Crippen LogP contribution is -2.59. The van der Waals surface area contributed by atoms with Gasteiger partial charge in [-0.15, -0.1) is 0 Å². The molecule has 1 aromatic heterocycles. The molecule has 1 aliphatic rings. The number of ether oxygens (including phenoxy) is 1. The van der Waals surface area contributed by atoms with Gasteiger partial charge in [0.2, 0.25) is 10.0 Å². The fraction of sp³-hybridized carbons (Fsp3) is 0.462. The Morgan fingerprint density at radius 1 is 1.36 bits per heavy atom. The van der Waals surface area contributed by atoms with E-state index in [1.807, 2.05) is 0 Å². The highest BCUT2D eigenvalue weighted by Gasteiger charge is 2.39. The monoisotopic (exact) mass is 327 g/mol. The molecule has 0 N–H and O–H groups in total.